The fraction of sp³-hybridized carbons (Fsp3) is 0.500. The first-order chi connectivity index (χ1) is 7.66. The molecule has 0 bridgehead atoms. The predicted molar refractivity (Wildman–Crippen MR) is 66.0 cm³/mol. The van der Waals surface area contributed by atoms with Crippen molar-refractivity contribution in [1.82, 2.24) is 0 Å². The summed E-state index contributed by atoms with van der Waals surface area (Å²) in [5.74, 6) is 0.230. The molecular weight excluding hydrogens is 273 g/mol. The highest BCUT2D eigenvalue weighted by molar-refractivity contribution is 9.10. The Balaban J connectivity index is 2.14. The van der Waals surface area contributed by atoms with E-state index in [2.05, 4.69) is 15.9 Å². The minimum atomic E-state index is -0.347. The van der Waals surface area contributed by atoms with Gasteiger partial charge in [0.1, 0.15) is 5.82 Å². The van der Waals surface area contributed by atoms with Crippen LogP contribution in [-0.4, -0.2) is 6.10 Å². The Hall–Kier alpha value is -0.770. The summed E-state index contributed by atoms with van der Waals surface area (Å²) in [7, 11) is 0. The molecule has 1 aliphatic carbocycles. The van der Waals surface area contributed by atoms with Gasteiger partial charge in [-0.15, -0.1) is 0 Å². The highest BCUT2D eigenvalue weighted by atomic mass is 79.9. The molecule has 0 spiro atoms. The first-order valence-corrected chi connectivity index (χ1v) is 6.37. The molecule has 1 aromatic carbocycles. The van der Waals surface area contributed by atoms with E-state index in [0.717, 1.165) is 12.8 Å². The molecule has 0 aromatic heterocycles. The Morgan fingerprint density at radius 1 is 1.25 bits per heavy atom. The van der Waals surface area contributed by atoms with E-state index in [0.29, 0.717) is 15.9 Å². The molecule has 1 aromatic rings. The van der Waals surface area contributed by atoms with E-state index in [4.69, 9.17) is 10.5 Å². The van der Waals surface area contributed by atoms with Crippen LogP contribution in [0.2, 0.25) is 0 Å². The van der Waals surface area contributed by atoms with Crippen LogP contribution < -0.4 is 10.5 Å². The van der Waals surface area contributed by atoms with E-state index < -0.39 is 0 Å². The van der Waals surface area contributed by atoms with Crippen LogP contribution in [-0.2, 0) is 0 Å². The number of rotatable bonds is 2. The fourth-order valence-corrected chi connectivity index (χ4v) is 2.60. The summed E-state index contributed by atoms with van der Waals surface area (Å²) in [6.45, 7) is 0. The maximum absolute atomic E-state index is 13.0. The molecule has 0 saturated heterocycles. The van der Waals surface area contributed by atoms with Crippen molar-refractivity contribution >= 4 is 21.6 Å². The monoisotopic (exact) mass is 287 g/mol. The first kappa shape index (κ1) is 11.7. The molecule has 2 nitrogen and oxygen atoms in total. The van der Waals surface area contributed by atoms with Crippen molar-refractivity contribution in [1.29, 1.82) is 0 Å². The number of benzene rings is 1. The molecule has 0 atom stereocenters. The van der Waals surface area contributed by atoms with Gasteiger partial charge in [-0.25, -0.2) is 4.39 Å². The van der Waals surface area contributed by atoms with E-state index in [1.807, 2.05) is 0 Å². The second-order valence-electron chi connectivity index (χ2n) is 4.18. The van der Waals surface area contributed by atoms with E-state index in [-0.39, 0.29) is 11.9 Å². The lowest BCUT2D eigenvalue weighted by atomic mass is 9.98. The Morgan fingerprint density at radius 2 is 1.94 bits per heavy atom. The second-order valence-corrected chi connectivity index (χ2v) is 5.04. The third-order valence-corrected chi connectivity index (χ3v) is 3.46. The third kappa shape index (κ3) is 2.67. The zero-order chi connectivity index (χ0) is 11.5. The van der Waals surface area contributed by atoms with Crippen LogP contribution >= 0.6 is 15.9 Å². The second kappa shape index (κ2) is 5.04. The standard InChI is InChI=1S/C12H15BrFNO/c13-10-6-8(14)7-11(15)12(10)16-9-4-2-1-3-5-9/h6-7,9H,1-5,15H2. The summed E-state index contributed by atoms with van der Waals surface area (Å²) in [6.07, 6.45) is 6.01. The van der Waals surface area contributed by atoms with Crippen LogP contribution in [0.1, 0.15) is 32.1 Å². The summed E-state index contributed by atoms with van der Waals surface area (Å²) >= 11 is 3.28. The van der Waals surface area contributed by atoms with Crippen LogP contribution in [0, 0.1) is 5.82 Å². The lowest BCUT2D eigenvalue weighted by molar-refractivity contribution is 0.155. The molecule has 88 valence electrons. The fourth-order valence-electron chi connectivity index (χ4n) is 2.05. The van der Waals surface area contributed by atoms with Gasteiger partial charge in [0.2, 0.25) is 0 Å². The molecule has 0 unspecified atom stereocenters. The van der Waals surface area contributed by atoms with E-state index >= 15 is 0 Å². The van der Waals surface area contributed by atoms with Crippen molar-refractivity contribution in [2.75, 3.05) is 5.73 Å². The van der Waals surface area contributed by atoms with Gasteiger partial charge in [0, 0.05) is 6.07 Å². The highest BCUT2D eigenvalue weighted by Gasteiger charge is 2.18. The van der Waals surface area contributed by atoms with Crippen molar-refractivity contribution < 1.29 is 9.13 Å². The highest BCUT2D eigenvalue weighted by Crippen LogP contribution is 2.35. The van der Waals surface area contributed by atoms with Crippen molar-refractivity contribution in [2.24, 2.45) is 0 Å². The minimum absolute atomic E-state index is 0.220. The molecule has 0 radical (unpaired) electrons. The van der Waals surface area contributed by atoms with Crippen LogP contribution in [0.3, 0.4) is 0 Å². The van der Waals surface area contributed by atoms with Gasteiger partial charge in [-0.2, -0.15) is 0 Å². The number of anilines is 1. The lowest BCUT2D eigenvalue weighted by Gasteiger charge is -2.24. The predicted octanol–water partition coefficient (Wildman–Crippen LogP) is 3.88. The van der Waals surface area contributed by atoms with Crippen LogP contribution in [0.15, 0.2) is 16.6 Å². The van der Waals surface area contributed by atoms with Gasteiger partial charge in [-0.1, -0.05) is 6.42 Å². The Labute approximate surface area is 103 Å². The lowest BCUT2D eigenvalue weighted by Crippen LogP contribution is -2.20. The quantitative estimate of drug-likeness (QED) is 0.838. The Bertz CT molecular complexity index is 354. The van der Waals surface area contributed by atoms with Gasteiger partial charge in [0.05, 0.1) is 16.3 Å². The number of nitrogen functional groups attached to an aromatic ring is 1. The van der Waals surface area contributed by atoms with Crippen molar-refractivity contribution in [3.8, 4) is 5.75 Å². The molecule has 2 N–H and O–H groups in total. The molecule has 1 saturated carbocycles. The summed E-state index contributed by atoms with van der Waals surface area (Å²) in [6, 6.07) is 2.68. The van der Waals surface area contributed by atoms with Gasteiger partial charge in [-0.3, -0.25) is 0 Å². The molecule has 0 amide bonds. The molecule has 0 aliphatic heterocycles. The third-order valence-electron chi connectivity index (χ3n) is 2.87. The number of ether oxygens (including phenoxy) is 1. The molecule has 0 heterocycles. The van der Waals surface area contributed by atoms with Crippen LogP contribution in [0.25, 0.3) is 0 Å². The summed E-state index contributed by atoms with van der Waals surface area (Å²) in [4.78, 5) is 0. The maximum atomic E-state index is 13.0. The Morgan fingerprint density at radius 3 is 2.56 bits per heavy atom. The zero-order valence-electron chi connectivity index (χ0n) is 9.01. The number of hydrogen-bond acceptors (Lipinski definition) is 2. The van der Waals surface area contributed by atoms with Crippen molar-refractivity contribution in [2.45, 2.75) is 38.2 Å². The van der Waals surface area contributed by atoms with Crippen molar-refractivity contribution in [3.63, 3.8) is 0 Å². The van der Waals surface area contributed by atoms with Gasteiger partial charge in [-0.05, 0) is 47.7 Å². The van der Waals surface area contributed by atoms with E-state index in [9.17, 15) is 4.39 Å². The molecule has 16 heavy (non-hydrogen) atoms. The van der Waals surface area contributed by atoms with Crippen LogP contribution in [0.5, 0.6) is 5.75 Å². The first-order valence-electron chi connectivity index (χ1n) is 5.58. The van der Waals surface area contributed by atoms with Crippen molar-refractivity contribution in [3.05, 3.63) is 22.4 Å². The number of nitrogens with two attached hydrogens (primary N) is 1. The average molecular weight is 288 g/mol. The average Bonchev–Trinajstić information content (AvgIpc) is 2.25. The van der Waals surface area contributed by atoms with E-state index in [1.54, 1.807) is 0 Å². The number of halogens is 2. The topological polar surface area (TPSA) is 35.2 Å². The SMILES string of the molecule is Nc1cc(F)cc(Br)c1OC1CCCCC1. The smallest absolute Gasteiger partial charge is 0.156 e. The molecule has 1 aliphatic rings. The maximum Gasteiger partial charge on any atom is 0.156 e. The van der Waals surface area contributed by atoms with Gasteiger partial charge < -0.3 is 10.5 Å². The molecular formula is C12H15BrFNO. The number of hydrogen-bond donors (Lipinski definition) is 1. The van der Waals surface area contributed by atoms with Gasteiger partial charge in [0.15, 0.2) is 5.75 Å². The minimum Gasteiger partial charge on any atom is -0.487 e. The van der Waals surface area contributed by atoms with Gasteiger partial charge >= 0.3 is 0 Å². The van der Waals surface area contributed by atoms with Crippen LogP contribution in [0.4, 0.5) is 10.1 Å². The largest absolute Gasteiger partial charge is 0.487 e. The summed E-state index contributed by atoms with van der Waals surface area (Å²) < 4.78 is 19.4. The summed E-state index contributed by atoms with van der Waals surface area (Å²) in [5.41, 5.74) is 6.10. The summed E-state index contributed by atoms with van der Waals surface area (Å²) in [5, 5.41) is 0. The molecule has 2 rings (SSSR count). The van der Waals surface area contributed by atoms with Gasteiger partial charge in [0.25, 0.3) is 0 Å². The Kier molecular flexibility index (Phi) is 3.69. The molecule has 1 fully saturated rings. The van der Waals surface area contributed by atoms with E-state index in [1.165, 1.54) is 31.4 Å². The normalized spacial score (nSPS) is 17.4. The molecule has 4 heteroatoms. The zero-order valence-corrected chi connectivity index (χ0v) is 10.6.